The van der Waals surface area contributed by atoms with Crippen molar-refractivity contribution in [2.45, 2.75) is 84.0 Å². The van der Waals surface area contributed by atoms with E-state index in [2.05, 4.69) is 13.0 Å². The maximum atomic E-state index is 9.40. The van der Waals surface area contributed by atoms with Crippen LogP contribution in [0.1, 0.15) is 89.5 Å². The third kappa shape index (κ3) is 10.8. The van der Waals surface area contributed by atoms with Crippen molar-refractivity contribution in [1.82, 2.24) is 0 Å². The molecule has 2 N–H and O–H groups in total. The molecule has 0 aliphatic carbocycles. The van der Waals surface area contributed by atoms with Gasteiger partial charge in [0, 0.05) is 6.07 Å². The fourth-order valence-corrected chi connectivity index (χ4v) is 2.86. The van der Waals surface area contributed by atoms with Gasteiger partial charge in [-0.2, -0.15) is 0 Å². The van der Waals surface area contributed by atoms with Gasteiger partial charge in [0.05, 0.1) is 0 Å². The summed E-state index contributed by atoms with van der Waals surface area (Å²) < 4.78 is 0. The molecule has 1 rings (SSSR count). The summed E-state index contributed by atoms with van der Waals surface area (Å²) in [6.07, 6.45) is 20.2. The molecule has 0 radical (unpaired) electrons. The Morgan fingerprint density at radius 3 is 1.70 bits per heavy atom. The molecule has 1 aromatic rings. The molecule has 0 aromatic heterocycles. The van der Waals surface area contributed by atoms with Crippen LogP contribution in [0.25, 0.3) is 6.08 Å². The minimum Gasteiger partial charge on any atom is -0.508 e. The Hall–Kier alpha value is -1.44. The minimum atomic E-state index is 0.111. The van der Waals surface area contributed by atoms with Crippen molar-refractivity contribution in [2.24, 2.45) is 0 Å². The van der Waals surface area contributed by atoms with E-state index in [1.54, 1.807) is 12.1 Å². The molecule has 0 aliphatic heterocycles. The summed E-state index contributed by atoms with van der Waals surface area (Å²) in [5, 5.41) is 18.8. The fourth-order valence-electron chi connectivity index (χ4n) is 2.86. The zero-order valence-electron chi connectivity index (χ0n) is 14.8. The summed E-state index contributed by atoms with van der Waals surface area (Å²) in [5.74, 6) is 0.221. The first-order chi connectivity index (χ1) is 11.2. The predicted molar refractivity (Wildman–Crippen MR) is 99.9 cm³/mol. The number of unbranched alkanes of at least 4 members (excludes halogenated alkanes) is 11. The van der Waals surface area contributed by atoms with E-state index in [1.807, 2.05) is 6.08 Å². The van der Waals surface area contributed by atoms with Crippen LogP contribution in [0.15, 0.2) is 24.3 Å². The van der Waals surface area contributed by atoms with Crippen LogP contribution >= 0.6 is 0 Å². The van der Waals surface area contributed by atoms with Gasteiger partial charge in [-0.1, -0.05) is 83.3 Å². The fraction of sp³-hybridized carbons (Fsp3) is 0.619. The van der Waals surface area contributed by atoms with Crippen molar-refractivity contribution in [3.63, 3.8) is 0 Å². The standard InChI is InChI=1S/C21H34O2/c1-2-3-4-5-6-7-8-9-10-11-12-13-14-15-19-16-20(22)18-21(23)17-19/h14-18,22-23H,2-13H2,1H3. The minimum absolute atomic E-state index is 0.111. The third-order valence-corrected chi connectivity index (χ3v) is 4.21. The lowest BCUT2D eigenvalue weighted by Gasteiger charge is -2.02. The average Bonchev–Trinajstić information content (AvgIpc) is 2.51. The molecule has 0 saturated heterocycles. The number of aromatic hydroxyl groups is 2. The lowest BCUT2D eigenvalue weighted by molar-refractivity contribution is 0.450. The summed E-state index contributed by atoms with van der Waals surface area (Å²) in [6, 6.07) is 4.68. The second-order valence-corrected chi connectivity index (χ2v) is 6.51. The lowest BCUT2D eigenvalue weighted by atomic mass is 10.1. The molecular formula is C21H34O2. The molecule has 23 heavy (non-hydrogen) atoms. The molecule has 0 spiro atoms. The van der Waals surface area contributed by atoms with Gasteiger partial charge < -0.3 is 10.2 Å². The van der Waals surface area contributed by atoms with Gasteiger partial charge in [0.1, 0.15) is 11.5 Å². The van der Waals surface area contributed by atoms with Gasteiger partial charge in [-0.25, -0.2) is 0 Å². The highest BCUT2D eigenvalue weighted by Gasteiger charge is 1.96. The highest BCUT2D eigenvalue weighted by molar-refractivity contribution is 5.54. The van der Waals surface area contributed by atoms with Crippen LogP contribution in [-0.2, 0) is 0 Å². The van der Waals surface area contributed by atoms with Crippen LogP contribution in [0.4, 0.5) is 0 Å². The first kappa shape index (κ1) is 19.6. The SMILES string of the molecule is CCCCCCCCCCCCCC=Cc1cc(O)cc(O)c1. The van der Waals surface area contributed by atoms with Crippen molar-refractivity contribution in [2.75, 3.05) is 0 Å². The van der Waals surface area contributed by atoms with E-state index in [1.165, 1.54) is 76.7 Å². The Kier molecular flexibility index (Phi) is 11.1. The largest absolute Gasteiger partial charge is 0.508 e. The second kappa shape index (κ2) is 13.0. The van der Waals surface area contributed by atoms with E-state index in [9.17, 15) is 10.2 Å². The van der Waals surface area contributed by atoms with Crippen LogP contribution in [-0.4, -0.2) is 10.2 Å². The van der Waals surface area contributed by atoms with Gasteiger partial charge in [0.25, 0.3) is 0 Å². The summed E-state index contributed by atoms with van der Waals surface area (Å²) in [4.78, 5) is 0. The van der Waals surface area contributed by atoms with Gasteiger partial charge in [-0.15, -0.1) is 0 Å². The number of benzene rings is 1. The van der Waals surface area contributed by atoms with E-state index >= 15 is 0 Å². The summed E-state index contributed by atoms with van der Waals surface area (Å²) in [6.45, 7) is 2.27. The van der Waals surface area contributed by atoms with E-state index < -0.39 is 0 Å². The zero-order valence-corrected chi connectivity index (χ0v) is 14.8. The molecule has 0 aliphatic rings. The highest BCUT2D eigenvalue weighted by atomic mass is 16.3. The van der Waals surface area contributed by atoms with Gasteiger partial charge in [0.15, 0.2) is 0 Å². The van der Waals surface area contributed by atoms with Gasteiger partial charge >= 0.3 is 0 Å². The lowest BCUT2D eigenvalue weighted by Crippen LogP contribution is -1.82. The number of phenols is 2. The number of rotatable bonds is 13. The monoisotopic (exact) mass is 318 g/mol. The molecule has 0 amide bonds. The molecule has 2 heteroatoms. The number of phenolic OH excluding ortho intramolecular Hbond substituents is 2. The van der Waals surface area contributed by atoms with E-state index in [-0.39, 0.29) is 11.5 Å². The second-order valence-electron chi connectivity index (χ2n) is 6.51. The maximum Gasteiger partial charge on any atom is 0.119 e. The summed E-state index contributed by atoms with van der Waals surface area (Å²) in [5.41, 5.74) is 0.852. The number of allylic oxidation sites excluding steroid dienone is 1. The molecule has 0 fully saturated rings. The molecular weight excluding hydrogens is 284 g/mol. The molecule has 0 unspecified atom stereocenters. The molecule has 0 saturated carbocycles. The smallest absolute Gasteiger partial charge is 0.119 e. The molecule has 0 heterocycles. The van der Waals surface area contributed by atoms with Crippen LogP contribution in [0.5, 0.6) is 11.5 Å². The first-order valence-electron chi connectivity index (χ1n) is 9.42. The molecule has 0 atom stereocenters. The summed E-state index contributed by atoms with van der Waals surface area (Å²) in [7, 11) is 0. The predicted octanol–water partition coefficient (Wildman–Crippen LogP) is 6.81. The van der Waals surface area contributed by atoms with E-state index in [0.717, 1.165) is 12.0 Å². The first-order valence-corrected chi connectivity index (χ1v) is 9.42. The molecule has 2 nitrogen and oxygen atoms in total. The maximum absolute atomic E-state index is 9.40. The third-order valence-electron chi connectivity index (χ3n) is 4.21. The Labute approximate surface area is 142 Å². The topological polar surface area (TPSA) is 40.5 Å². The van der Waals surface area contributed by atoms with Gasteiger partial charge in [0.2, 0.25) is 0 Å². The van der Waals surface area contributed by atoms with Crippen molar-refractivity contribution >= 4 is 6.08 Å². The Balaban J connectivity index is 1.94. The van der Waals surface area contributed by atoms with Crippen LogP contribution in [0.3, 0.4) is 0 Å². The summed E-state index contributed by atoms with van der Waals surface area (Å²) >= 11 is 0. The van der Waals surface area contributed by atoms with Crippen LogP contribution < -0.4 is 0 Å². The molecule has 130 valence electrons. The number of hydrogen-bond acceptors (Lipinski definition) is 2. The van der Waals surface area contributed by atoms with Crippen molar-refractivity contribution in [3.8, 4) is 11.5 Å². The Morgan fingerprint density at radius 2 is 1.17 bits per heavy atom. The quantitative estimate of drug-likeness (QED) is 0.392. The van der Waals surface area contributed by atoms with E-state index in [0.29, 0.717) is 0 Å². The van der Waals surface area contributed by atoms with Crippen molar-refractivity contribution < 1.29 is 10.2 Å². The Bertz CT molecular complexity index is 417. The molecule has 0 bridgehead atoms. The van der Waals surface area contributed by atoms with Crippen LogP contribution in [0.2, 0.25) is 0 Å². The Morgan fingerprint density at radius 1 is 0.696 bits per heavy atom. The van der Waals surface area contributed by atoms with Gasteiger partial charge in [-0.05, 0) is 30.5 Å². The van der Waals surface area contributed by atoms with Gasteiger partial charge in [-0.3, -0.25) is 0 Å². The van der Waals surface area contributed by atoms with Crippen LogP contribution in [0, 0.1) is 0 Å². The average molecular weight is 319 g/mol. The van der Waals surface area contributed by atoms with Crippen molar-refractivity contribution in [1.29, 1.82) is 0 Å². The highest BCUT2D eigenvalue weighted by Crippen LogP contribution is 2.21. The van der Waals surface area contributed by atoms with E-state index in [4.69, 9.17) is 0 Å². The number of hydrogen-bond donors (Lipinski definition) is 2. The van der Waals surface area contributed by atoms with Crippen molar-refractivity contribution in [3.05, 3.63) is 29.8 Å². The molecule has 1 aromatic carbocycles. The normalized spacial score (nSPS) is 11.3. The zero-order chi connectivity index (χ0) is 16.8.